The molecule has 0 saturated carbocycles. The van der Waals surface area contributed by atoms with Crippen LogP contribution in [0.5, 0.6) is 0 Å². The van der Waals surface area contributed by atoms with Gasteiger partial charge in [0.1, 0.15) is 5.54 Å². The van der Waals surface area contributed by atoms with Gasteiger partial charge in [0.2, 0.25) is 0 Å². The number of terminal acetylenes is 1. The SMILES string of the molecule is C#CCC(CC)NC(=O)N(C)C(C)(C)C(=O)O. The number of hydrogen-bond acceptors (Lipinski definition) is 2. The van der Waals surface area contributed by atoms with E-state index in [9.17, 15) is 9.59 Å². The molecule has 5 heteroatoms. The standard InChI is InChI=1S/C12H20N2O3/c1-6-8-9(7-2)13-11(17)14(5)12(3,4)10(15)16/h1,9H,7-8H2,2-5H3,(H,13,17)(H,15,16). The highest BCUT2D eigenvalue weighted by molar-refractivity contribution is 5.85. The molecular weight excluding hydrogens is 220 g/mol. The highest BCUT2D eigenvalue weighted by Crippen LogP contribution is 2.13. The Labute approximate surface area is 102 Å². The zero-order valence-electron chi connectivity index (χ0n) is 10.8. The van der Waals surface area contributed by atoms with Crippen molar-refractivity contribution in [1.29, 1.82) is 0 Å². The molecular formula is C12H20N2O3. The largest absolute Gasteiger partial charge is 0.480 e. The second-order valence-electron chi connectivity index (χ2n) is 4.39. The minimum absolute atomic E-state index is 0.125. The molecule has 1 atom stereocenters. The normalized spacial score (nSPS) is 12.4. The second kappa shape index (κ2) is 6.14. The zero-order chi connectivity index (χ0) is 13.6. The van der Waals surface area contributed by atoms with Gasteiger partial charge >= 0.3 is 12.0 Å². The Balaban J connectivity index is 4.62. The Morgan fingerprint density at radius 2 is 2.06 bits per heavy atom. The van der Waals surface area contributed by atoms with E-state index in [2.05, 4.69) is 11.2 Å². The number of urea groups is 1. The summed E-state index contributed by atoms with van der Waals surface area (Å²) in [7, 11) is 1.45. The van der Waals surface area contributed by atoms with Crippen LogP contribution in [0.4, 0.5) is 4.79 Å². The number of rotatable bonds is 5. The van der Waals surface area contributed by atoms with Crippen LogP contribution in [-0.4, -0.2) is 40.6 Å². The fourth-order valence-corrected chi connectivity index (χ4v) is 1.11. The molecule has 0 fully saturated rings. The summed E-state index contributed by atoms with van der Waals surface area (Å²) in [4.78, 5) is 24.0. The van der Waals surface area contributed by atoms with Crippen molar-refractivity contribution in [3.63, 3.8) is 0 Å². The number of aliphatic carboxylic acids is 1. The van der Waals surface area contributed by atoms with Crippen LogP contribution < -0.4 is 5.32 Å². The second-order valence-corrected chi connectivity index (χ2v) is 4.39. The summed E-state index contributed by atoms with van der Waals surface area (Å²) in [5.74, 6) is 1.42. The average molecular weight is 240 g/mol. The molecule has 0 aromatic carbocycles. The number of carboxylic acids is 1. The number of carboxylic acid groups (broad SMARTS) is 1. The molecule has 17 heavy (non-hydrogen) atoms. The fourth-order valence-electron chi connectivity index (χ4n) is 1.11. The Hall–Kier alpha value is -1.70. The minimum Gasteiger partial charge on any atom is -0.480 e. The van der Waals surface area contributed by atoms with Gasteiger partial charge in [0, 0.05) is 19.5 Å². The van der Waals surface area contributed by atoms with Crippen LogP contribution in [-0.2, 0) is 4.79 Å². The first-order valence-corrected chi connectivity index (χ1v) is 5.48. The molecule has 0 aliphatic heterocycles. The predicted molar refractivity (Wildman–Crippen MR) is 65.5 cm³/mol. The van der Waals surface area contributed by atoms with Crippen LogP contribution in [0.2, 0.25) is 0 Å². The van der Waals surface area contributed by atoms with Gasteiger partial charge in [0.25, 0.3) is 0 Å². The Kier molecular flexibility index (Phi) is 5.52. The van der Waals surface area contributed by atoms with E-state index in [-0.39, 0.29) is 6.04 Å². The third kappa shape index (κ3) is 3.99. The van der Waals surface area contributed by atoms with Crippen LogP contribution in [0.1, 0.15) is 33.6 Å². The van der Waals surface area contributed by atoms with Crippen LogP contribution in [0.15, 0.2) is 0 Å². The van der Waals surface area contributed by atoms with Gasteiger partial charge in [-0.15, -0.1) is 12.3 Å². The van der Waals surface area contributed by atoms with Crippen molar-refractivity contribution < 1.29 is 14.7 Å². The van der Waals surface area contributed by atoms with Crippen LogP contribution in [0, 0.1) is 12.3 Å². The Morgan fingerprint density at radius 3 is 2.41 bits per heavy atom. The molecule has 0 radical (unpaired) electrons. The highest BCUT2D eigenvalue weighted by Gasteiger charge is 2.35. The van der Waals surface area contributed by atoms with Gasteiger partial charge in [-0.3, -0.25) is 0 Å². The van der Waals surface area contributed by atoms with E-state index in [1.807, 2.05) is 6.92 Å². The molecule has 0 rings (SSSR count). The summed E-state index contributed by atoms with van der Waals surface area (Å²) in [5, 5.41) is 11.7. The molecule has 1 unspecified atom stereocenters. The van der Waals surface area contributed by atoms with E-state index in [0.29, 0.717) is 12.8 Å². The first-order valence-electron chi connectivity index (χ1n) is 5.48. The Morgan fingerprint density at radius 1 is 1.53 bits per heavy atom. The van der Waals surface area contributed by atoms with Crippen molar-refractivity contribution in [2.75, 3.05) is 7.05 Å². The van der Waals surface area contributed by atoms with Gasteiger partial charge in [0.05, 0.1) is 0 Å². The van der Waals surface area contributed by atoms with Crippen LogP contribution >= 0.6 is 0 Å². The maximum absolute atomic E-state index is 11.8. The number of carbonyl (C=O) groups is 2. The highest BCUT2D eigenvalue weighted by atomic mass is 16.4. The number of likely N-dealkylation sites (N-methyl/N-ethyl adjacent to an activating group) is 1. The smallest absolute Gasteiger partial charge is 0.329 e. The number of nitrogens with one attached hydrogen (secondary N) is 1. The third-order valence-corrected chi connectivity index (χ3v) is 2.85. The fraction of sp³-hybridized carbons (Fsp3) is 0.667. The number of amides is 2. The lowest BCUT2D eigenvalue weighted by atomic mass is 10.0. The number of nitrogens with zero attached hydrogens (tertiary/aromatic N) is 1. The van der Waals surface area contributed by atoms with E-state index >= 15 is 0 Å². The maximum atomic E-state index is 11.8. The molecule has 0 aliphatic rings. The van der Waals surface area contributed by atoms with Gasteiger partial charge in [0.15, 0.2) is 0 Å². The summed E-state index contributed by atoms with van der Waals surface area (Å²) < 4.78 is 0. The molecule has 0 bridgehead atoms. The van der Waals surface area contributed by atoms with E-state index in [1.165, 1.54) is 20.9 Å². The molecule has 5 nitrogen and oxygen atoms in total. The van der Waals surface area contributed by atoms with Crippen molar-refractivity contribution in [3.8, 4) is 12.3 Å². The molecule has 0 aliphatic carbocycles. The number of hydrogen-bond donors (Lipinski definition) is 2. The van der Waals surface area contributed by atoms with Crippen molar-refractivity contribution in [1.82, 2.24) is 10.2 Å². The predicted octanol–water partition coefficient (Wildman–Crippen LogP) is 1.29. The molecule has 0 spiro atoms. The Bertz CT molecular complexity index is 331. The van der Waals surface area contributed by atoms with E-state index < -0.39 is 17.5 Å². The van der Waals surface area contributed by atoms with E-state index in [0.717, 1.165) is 4.90 Å². The molecule has 0 aromatic rings. The quantitative estimate of drug-likeness (QED) is 0.711. The minimum atomic E-state index is -1.25. The average Bonchev–Trinajstić information content (AvgIpc) is 2.26. The van der Waals surface area contributed by atoms with Gasteiger partial charge in [-0.1, -0.05) is 6.92 Å². The summed E-state index contributed by atoms with van der Waals surface area (Å²) in [5.41, 5.74) is -1.25. The lowest BCUT2D eigenvalue weighted by Crippen LogP contribution is -2.55. The third-order valence-electron chi connectivity index (χ3n) is 2.85. The van der Waals surface area contributed by atoms with Gasteiger partial charge in [-0.2, -0.15) is 0 Å². The molecule has 2 amide bonds. The summed E-state index contributed by atoms with van der Waals surface area (Å²) in [6, 6.07) is -0.556. The first kappa shape index (κ1) is 15.3. The summed E-state index contributed by atoms with van der Waals surface area (Å²) >= 11 is 0. The van der Waals surface area contributed by atoms with Crippen molar-refractivity contribution in [2.45, 2.75) is 45.2 Å². The van der Waals surface area contributed by atoms with Crippen LogP contribution in [0.3, 0.4) is 0 Å². The van der Waals surface area contributed by atoms with Gasteiger partial charge in [-0.25, -0.2) is 9.59 Å². The maximum Gasteiger partial charge on any atom is 0.329 e. The van der Waals surface area contributed by atoms with E-state index in [1.54, 1.807) is 0 Å². The molecule has 0 saturated heterocycles. The van der Waals surface area contributed by atoms with Crippen molar-refractivity contribution in [3.05, 3.63) is 0 Å². The molecule has 0 aromatic heterocycles. The molecule has 2 N–H and O–H groups in total. The molecule has 96 valence electrons. The zero-order valence-corrected chi connectivity index (χ0v) is 10.8. The van der Waals surface area contributed by atoms with Crippen molar-refractivity contribution >= 4 is 12.0 Å². The summed E-state index contributed by atoms with van der Waals surface area (Å²) in [6.07, 6.45) is 6.32. The van der Waals surface area contributed by atoms with Gasteiger partial charge < -0.3 is 15.3 Å². The van der Waals surface area contributed by atoms with Crippen molar-refractivity contribution in [2.24, 2.45) is 0 Å². The monoisotopic (exact) mass is 240 g/mol. The van der Waals surface area contributed by atoms with Gasteiger partial charge in [-0.05, 0) is 20.3 Å². The first-order chi connectivity index (χ1) is 7.77. The molecule has 0 heterocycles. The van der Waals surface area contributed by atoms with Crippen LogP contribution in [0.25, 0.3) is 0 Å². The number of carbonyl (C=O) groups excluding carboxylic acids is 1. The van der Waals surface area contributed by atoms with E-state index in [4.69, 9.17) is 11.5 Å². The lowest BCUT2D eigenvalue weighted by molar-refractivity contribution is -0.146. The lowest BCUT2D eigenvalue weighted by Gasteiger charge is -2.32. The summed E-state index contributed by atoms with van der Waals surface area (Å²) in [6.45, 7) is 4.85. The topological polar surface area (TPSA) is 69.6 Å².